The summed E-state index contributed by atoms with van der Waals surface area (Å²) in [5.41, 5.74) is 5.63. The number of halogens is 1. The van der Waals surface area contributed by atoms with Crippen LogP contribution in [0.3, 0.4) is 0 Å². The Morgan fingerprint density at radius 2 is 2.04 bits per heavy atom. The average Bonchev–Trinajstić information content (AvgIpc) is 3.40. The summed E-state index contributed by atoms with van der Waals surface area (Å²) >= 11 is 0. The maximum absolute atomic E-state index is 15.0. The highest BCUT2D eigenvalue weighted by Gasteiger charge is 2.40. The minimum absolute atomic E-state index is 0.0290. The molecule has 2 aliphatic carbocycles. The van der Waals surface area contributed by atoms with E-state index in [2.05, 4.69) is 4.98 Å². The van der Waals surface area contributed by atoms with Gasteiger partial charge in [0.1, 0.15) is 11.2 Å². The van der Waals surface area contributed by atoms with Crippen LogP contribution in [0, 0.1) is 17.7 Å². The molecule has 0 bridgehead atoms. The normalized spacial score (nSPS) is 27.2. The summed E-state index contributed by atoms with van der Waals surface area (Å²) in [5, 5.41) is 9.37. The van der Waals surface area contributed by atoms with Gasteiger partial charge in [0.2, 0.25) is 5.43 Å². The highest BCUT2D eigenvalue weighted by atomic mass is 19.1. The zero-order valence-corrected chi connectivity index (χ0v) is 15.5. The van der Waals surface area contributed by atoms with E-state index < -0.39 is 17.2 Å². The second-order valence-electron chi connectivity index (χ2n) is 8.40. The van der Waals surface area contributed by atoms with Crippen molar-refractivity contribution < 1.29 is 14.3 Å². The van der Waals surface area contributed by atoms with Crippen LogP contribution in [-0.4, -0.2) is 39.8 Å². The molecule has 28 heavy (non-hydrogen) atoms. The molecular weight excluding hydrogens is 363 g/mol. The van der Waals surface area contributed by atoms with Crippen LogP contribution >= 0.6 is 0 Å². The number of hydrogen-bond acceptors (Lipinski definition) is 5. The molecule has 3 atom stereocenters. The van der Waals surface area contributed by atoms with E-state index in [4.69, 9.17) is 5.73 Å². The molecule has 3 heterocycles. The Bertz CT molecular complexity index is 1030. The van der Waals surface area contributed by atoms with Crippen molar-refractivity contribution in [3.05, 3.63) is 33.9 Å². The minimum atomic E-state index is -1.30. The Hall–Kier alpha value is -2.48. The van der Waals surface area contributed by atoms with E-state index in [1.807, 2.05) is 4.90 Å². The summed E-state index contributed by atoms with van der Waals surface area (Å²) in [4.78, 5) is 30.5. The third-order valence-electron chi connectivity index (χ3n) is 6.56. The Kier molecular flexibility index (Phi) is 3.94. The molecule has 3 fully saturated rings. The summed E-state index contributed by atoms with van der Waals surface area (Å²) < 4.78 is 16.7. The number of anilines is 1. The molecule has 3 N–H and O–H groups in total. The third kappa shape index (κ3) is 2.70. The Morgan fingerprint density at radius 3 is 2.71 bits per heavy atom. The lowest BCUT2D eigenvalue weighted by molar-refractivity contribution is 0.0695. The first-order chi connectivity index (χ1) is 13.4. The minimum Gasteiger partial charge on any atom is -0.477 e. The molecule has 5 rings (SSSR count). The number of hydrogen-bond donors (Lipinski definition) is 2. The van der Waals surface area contributed by atoms with Crippen molar-refractivity contribution in [1.29, 1.82) is 0 Å². The lowest BCUT2D eigenvalue weighted by atomic mass is 9.78. The zero-order valence-electron chi connectivity index (χ0n) is 15.5. The van der Waals surface area contributed by atoms with Gasteiger partial charge in [-0.25, -0.2) is 14.2 Å². The van der Waals surface area contributed by atoms with E-state index in [1.54, 1.807) is 4.57 Å². The van der Waals surface area contributed by atoms with Gasteiger partial charge in [0.15, 0.2) is 11.6 Å². The molecule has 8 heteroatoms. The van der Waals surface area contributed by atoms with E-state index >= 15 is 0 Å². The van der Waals surface area contributed by atoms with Crippen LogP contribution in [0.4, 0.5) is 10.2 Å². The second kappa shape index (κ2) is 6.27. The van der Waals surface area contributed by atoms with E-state index in [0.29, 0.717) is 30.6 Å². The maximum Gasteiger partial charge on any atom is 0.341 e. The standard InChI is InChI=1S/C20H23FN4O3/c21-15-6-12-17(26)14(20(27)28)9-25(11-4-5-11)18(12)23-19(15)24-7-10-2-1-3-16(22)13(10)8-24/h6,9-11,13,16H,1-5,7-8,22H2,(H,27,28)/t10-,13+,16-/m1/s1. The molecule has 0 unspecified atom stereocenters. The number of nitrogens with two attached hydrogens (primary N) is 1. The topological polar surface area (TPSA) is 101 Å². The average molecular weight is 386 g/mol. The Balaban J connectivity index is 1.62. The Labute approximate surface area is 161 Å². The number of nitrogens with zero attached hydrogens (tertiary/aromatic N) is 3. The molecule has 2 aromatic heterocycles. The number of aromatic carboxylic acids is 1. The van der Waals surface area contributed by atoms with Gasteiger partial charge in [-0.05, 0) is 43.6 Å². The second-order valence-corrected chi connectivity index (χ2v) is 8.40. The number of rotatable bonds is 3. The van der Waals surface area contributed by atoms with Gasteiger partial charge in [-0.1, -0.05) is 6.42 Å². The number of carboxylic acids is 1. The van der Waals surface area contributed by atoms with Crippen LogP contribution in [0.15, 0.2) is 17.1 Å². The molecule has 0 amide bonds. The number of fused-ring (bicyclic) bond motifs is 2. The van der Waals surface area contributed by atoms with Gasteiger partial charge >= 0.3 is 5.97 Å². The van der Waals surface area contributed by atoms with Gasteiger partial charge < -0.3 is 20.3 Å². The molecule has 0 aromatic carbocycles. The highest BCUT2D eigenvalue weighted by Crippen LogP contribution is 2.40. The zero-order chi connectivity index (χ0) is 19.6. The van der Waals surface area contributed by atoms with Crippen molar-refractivity contribution in [2.75, 3.05) is 18.0 Å². The van der Waals surface area contributed by atoms with Crippen LogP contribution in [0.5, 0.6) is 0 Å². The summed E-state index contributed by atoms with van der Waals surface area (Å²) in [5.74, 6) is -0.859. The van der Waals surface area contributed by atoms with E-state index in [9.17, 15) is 19.1 Å². The number of carboxylic acid groups (broad SMARTS) is 1. The molecule has 1 saturated heterocycles. The van der Waals surface area contributed by atoms with E-state index in [0.717, 1.165) is 38.2 Å². The summed E-state index contributed by atoms with van der Waals surface area (Å²) in [6.45, 7) is 1.39. The van der Waals surface area contributed by atoms with Crippen molar-refractivity contribution in [2.45, 2.75) is 44.2 Å². The first-order valence-corrected chi connectivity index (χ1v) is 9.93. The summed E-state index contributed by atoms with van der Waals surface area (Å²) in [6, 6.07) is 1.41. The fraction of sp³-hybridized carbons (Fsp3) is 0.550. The van der Waals surface area contributed by atoms with Crippen LogP contribution < -0.4 is 16.1 Å². The Morgan fingerprint density at radius 1 is 1.25 bits per heavy atom. The summed E-state index contributed by atoms with van der Waals surface area (Å²) in [6.07, 6.45) is 6.35. The first-order valence-electron chi connectivity index (χ1n) is 9.93. The number of carbonyl (C=O) groups is 1. The number of aromatic nitrogens is 2. The summed E-state index contributed by atoms with van der Waals surface area (Å²) in [7, 11) is 0. The molecular formula is C20H23FN4O3. The number of pyridine rings is 2. The van der Waals surface area contributed by atoms with Gasteiger partial charge in [-0.15, -0.1) is 0 Å². The third-order valence-corrected chi connectivity index (χ3v) is 6.56. The largest absolute Gasteiger partial charge is 0.477 e. The molecule has 0 spiro atoms. The van der Waals surface area contributed by atoms with Crippen LogP contribution in [-0.2, 0) is 0 Å². The molecule has 2 aromatic rings. The van der Waals surface area contributed by atoms with Crippen LogP contribution in [0.2, 0.25) is 0 Å². The molecule has 148 valence electrons. The maximum atomic E-state index is 15.0. The predicted molar refractivity (Wildman–Crippen MR) is 102 cm³/mol. The van der Waals surface area contributed by atoms with Crippen LogP contribution in [0.25, 0.3) is 11.0 Å². The quantitative estimate of drug-likeness (QED) is 0.838. The molecule has 3 aliphatic rings. The van der Waals surface area contributed by atoms with Crippen molar-refractivity contribution in [3.8, 4) is 0 Å². The SMILES string of the molecule is N[C@@H]1CCC[C@@H]2CN(c3nc4c(cc3F)c(=O)c(C(=O)O)cn4C3CC3)C[C@@H]21. The van der Waals surface area contributed by atoms with E-state index in [1.165, 1.54) is 6.20 Å². The van der Waals surface area contributed by atoms with Crippen molar-refractivity contribution in [2.24, 2.45) is 17.6 Å². The van der Waals surface area contributed by atoms with Crippen molar-refractivity contribution >= 4 is 22.8 Å². The van der Waals surface area contributed by atoms with Gasteiger partial charge in [0.05, 0.1) is 5.39 Å². The van der Waals surface area contributed by atoms with Crippen molar-refractivity contribution in [3.63, 3.8) is 0 Å². The van der Waals surface area contributed by atoms with Gasteiger partial charge in [0.25, 0.3) is 0 Å². The monoisotopic (exact) mass is 386 g/mol. The first kappa shape index (κ1) is 17.6. The van der Waals surface area contributed by atoms with Gasteiger partial charge in [-0.2, -0.15) is 0 Å². The van der Waals surface area contributed by atoms with Gasteiger partial charge in [0, 0.05) is 31.4 Å². The lowest BCUT2D eigenvalue weighted by Gasteiger charge is -2.29. The molecule has 0 radical (unpaired) electrons. The molecule has 7 nitrogen and oxygen atoms in total. The predicted octanol–water partition coefficient (Wildman–Crippen LogP) is 2.13. The lowest BCUT2D eigenvalue weighted by Crippen LogP contribution is -2.38. The fourth-order valence-electron chi connectivity index (χ4n) is 4.93. The fourth-order valence-corrected chi connectivity index (χ4v) is 4.93. The highest BCUT2D eigenvalue weighted by molar-refractivity contribution is 5.92. The molecule has 2 saturated carbocycles. The molecule has 1 aliphatic heterocycles. The van der Waals surface area contributed by atoms with Crippen LogP contribution in [0.1, 0.15) is 48.5 Å². The smallest absolute Gasteiger partial charge is 0.341 e. The van der Waals surface area contributed by atoms with Crippen molar-refractivity contribution in [1.82, 2.24) is 9.55 Å². The van der Waals surface area contributed by atoms with E-state index in [-0.39, 0.29) is 28.9 Å². The van der Waals surface area contributed by atoms with Gasteiger partial charge in [-0.3, -0.25) is 4.79 Å².